The van der Waals surface area contributed by atoms with E-state index in [0.717, 1.165) is 5.69 Å². The highest BCUT2D eigenvalue weighted by Crippen LogP contribution is 2.20. The van der Waals surface area contributed by atoms with Crippen LogP contribution in [0.15, 0.2) is 12.4 Å². The Morgan fingerprint density at radius 3 is 2.48 bits per heavy atom. The van der Waals surface area contributed by atoms with Crippen LogP contribution >= 0.6 is 0 Å². The summed E-state index contributed by atoms with van der Waals surface area (Å²) in [6, 6.07) is 1.40. The molecule has 0 aromatic carbocycles. The smallest absolute Gasteiger partial charge is 0.270 e. The Hall–Kier alpha value is -2.51. The highest BCUT2D eigenvalue weighted by molar-refractivity contribution is 5.92. The third-order valence-electron chi connectivity index (χ3n) is 3.57. The van der Waals surface area contributed by atoms with Gasteiger partial charge in [-0.1, -0.05) is 27.7 Å². The topological polar surface area (TPSA) is 112 Å². The van der Waals surface area contributed by atoms with Gasteiger partial charge in [0.25, 0.3) is 5.91 Å². The van der Waals surface area contributed by atoms with Gasteiger partial charge in [0.2, 0.25) is 5.95 Å². The molecule has 0 saturated heterocycles. The molecule has 2 heterocycles. The predicted molar refractivity (Wildman–Crippen MR) is 86.6 cm³/mol. The van der Waals surface area contributed by atoms with Gasteiger partial charge >= 0.3 is 0 Å². The van der Waals surface area contributed by atoms with Crippen molar-refractivity contribution in [3.05, 3.63) is 29.6 Å². The monoisotopic (exact) mass is 317 g/mol. The average Bonchev–Trinajstić information content (AvgIpc) is 2.89. The number of anilines is 1. The summed E-state index contributed by atoms with van der Waals surface area (Å²) in [6.45, 7) is 7.99. The van der Waals surface area contributed by atoms with E-state index in [1.807, 2.05) is 27.7 Å². The Labute approximate surface area is 135 Å². The molecule has 2 aromatic heterocycles. The number of carbonyl (C=O) groups excluding carboxylic acids is 1. The van der Waals surface area contributed by atoms with E-state index in [1.54, 1.807) is 17.8 Å². The van der Waals surface area contributed by atoms with Gasteiger partial charge in [0.15, 0.2) is 0 Å². The molecule has 0 aliphatic heterocycles. The SMILES string of the molecule is CC(C)c1cc(C(=O)NC(c2ncnn2C)C(C)C)nc(N)n1. The summed E-state index contributed by atoms with van der Waals surface area (Å²) < 4.78 is 1.65. The van der Waals surface area contributed by atoms with Gasteiger partial charge in [-0.2, -0.15) is 5.10 Å². The van der Waals surface area contributed by atoms with Crippen molar-refractivity contribution >= 4 is 11.9 Å². The second-order valence-electron chi connectivity index (χ2n) is 6.13. The summed E-state index contributed by atoms with van der Waals surface area (Å²) in [6.07, 6.45) is 1.47. The Morgan fingerprint density at radius 2 is 1.96 bits per heavy atom. The van der Waals surface area contributed by atoms with Crippen LogP contribution in [0.3, 0.4) is 0 Å². The first kappa shape index (κ1) is 16.9. The maximum atomic E-state index is 12.6. The number of nitrogens with one attached hydrogen (secondary N) is 1. The van der Waals surface area contributed by atoms with Crippen LogP contribution < -0.4 is 11.1 Å². The normalized spacial score (nSPS) is 12.7. The number of nitrogens with zero attached hydrogens (tertiary/aromatic N) is 5. The second kappa shape index (κ2) is 6.72. The lowest BCUT2D eigenvalue weighted by Crippen LogP contribution is -2.34. The van der Waals surface area contributed by atoms with Crippen LogP contribution in [0, 0.1) is 5.92 Å². The molecule has 23 heavy (non-hydrogen) atoms. The van der Waals surface area contributed by atoms with Crippen molar-refractivity contribution in [3.8, 4) is 0 Å². The van der Waals surface area contributed by atoms with Crippen LogP contribution in [0.25, 0.3) is 0 Å². The molecule has 0 spiro atoms. The van der Waals surface area contributed by atoms with Crippen LogP contribution in [0.1, 0.15) is 61.7 Å². The van der Waals surface area contributed by atoms with E-state index in [0.29, 0.717) is 5.82 Å². The van der Waals surface area contributed by atoms with Gasteiger partial charge in [-0.05, 0) is 17.9 Å². The number of hydrogen-bond acceptors (Lipinski definition) is 6. The molecule has 1 amide bonds. The summed E-state index contributed by atoms with van der Waals surface area (Å²) >= 11 is 0. The van der Waals surface area contributed by atoms with E-state index in [9.17, 15) is 4.79 Å². The van der Waals surface area contributed by atoms with Crippen LogP contribution in [0.2, 0.25) is 0 Å². The summed E-state index contributed by atoms with van der Waals surface area (Å²) in [5.41, 5.74) is 6.71. The van der Waals surface area contributed by atoms with E-state index in [4.69, 9.17) is 5.73 Å². The summed E-state index contributed by atoms with van der Waals surface area (Å²) in [4.78, 5) is 25.0. The van der Waals surface area contributed by atoms with E-state index >= 15 is 0 Å². The fourth-order valence-electron chi connectivity index (χ4n) is 2.23. The molecule has 124 valence electrons. The molecule has 0 aliphatic rings. The van der Waals surface area contributed by atoms with Crippen molar-refractivity contribution in [3.63, 3.8) is 0 Å². The fourth-order valence-corrected chi connectivity index (χ4v) is 2.23. The first-order chi connectivity index (χ1) is 10.8. The van der Waals surface area contributed by atoms with Gasteiger partial charge < -0.3 is 11.1 Å². The molecular weight excluding hydrogens is 294 g/mol. The third-order valence-corrected chi connectivity index (χ3v) is 3.57. The molecule has 0 fully saturated rings. The van der Waals surface area contributed by atoms with Gasteiger partial charge in [0.05, 0.1) is 6.04 Å². The second-order valence-corrected chi connectivity index (χ2v) is 6.13. The van der Waals surface area contributed by atoms with Gasteiger partial charge in [-0.25, -0.2) is 15.0 Å². The number of carbonyl (C=O) groups is 1. The maximum absolute atomic E-state index is 12.6. The maximum Gasteiger partial charge on any atom is 0.270 e. The molecule has 8 heteroatoms. The van der Waals surface area contributed by atoms with Gasteiger partial charge in [0.1, 0.15) is 17.8 Å². The minimum atomic E-state index is -0.303. The number of nitrogen functional groups attached to an aromatic ring is 1. The van der Waals surface area contributed by atoms with Crippen molar-refractivity contribution < 1.29 is 4.79 Å². The molecular formula is C15H23N7O. The molecule has 2 aromatic rings. The van der Waals surface area contributed by atoms with E-state index in [2.05, 4.69) is 25.4 Å². The van der Waals surface area contributed by atoms with Crippen LogP contribution in [-0.4, -0.2) is 30.6 Å². The molecule has 8 nitrogen and oxygen atoms in total. The first-order valence-electron chi connectivity index (χ1n) is 7.58. The Morgan fingerprint density at radius 1 is 1.26 bits per heavy atom. The molecule has 1 atom stereocenters. The molecule has 3 N–H and O–H groups in total. The van der Waals surface area contributed by atoms with E-state index in [-0.39, 0.29) is 35.4 Å². The highest BCUT2D eigenvalue weighted by atomic mass is 16.2. The zero-order chi connectivity index (χ0) is 17.1. The number of nitrogens with two attached hydrogens (primary N) is 1. The first-order valence-corrected chi connectivity index (χ1v) is 7.58. The lowest BCUT2D eigenvalue weighted by Gasteiger charge is -2.21. The number of hydrogen-bond donors (Lipinski definition) is 2. The lowest BCUT2D eigenvalue weighted by molar-refractivity contribution is 0.0917. The van der Waals surface area contributed by atoms with Crippen LogP contribution in [0.4, 0.5) is 5.95 Å². The Kier molecular flexibility index (Phi) is 4.92. The quantitative estimate of drug-likeness (QED) is 0.863. The summed E-state index contributed by atoms with van der Waals surface area (Å²) in [7, 11) is 1.80. The van der Waals surface area contributed by atoms with Crippen molar-refractivity contribution in [2.75, 3.05) is 5.73 Å². The average molecular weight is 317 g/mol. The molecule has 2 rings (SSSR count). The number of aryl methyl sites for hydroxylation is 1. The third kappa shape index (κ3) is 3.82. The van der Waals surface area contributed by atoms with Crippen molar-refractivity contribution in [2.24, 2.45) is 13.0 Å². The minimum Gasteiger partial charge on any atom is -0.368 e. The van der Waals surface area contributed by atoms with Crippen LogP contribution in [-0.2, 0) is 7.05 Å². The van der Waals surface area contributed by atoms with Crippen LogP contribution in [0.5, 0.6) is 0 Å². The molecule has 0 saturated carbocycles. The van der Waals surface area contributed by atoms with Crippen molar-refractivity contribution in [1.29, 1.82) is 0 Å². The molecule has 0 radical (unpaired) electrons. The van der Waals surface area contributed by atoms with Crippen molar-refractivity contribution in [1.82, 2.24) is 30.0 Å². The van der Waals surface area contributed by atoms with Gasteiger partial charge in [-0.3, -0.25) is 9.48 Å². The Balaban J connectivity index is 2.28. The summed E-state index contributed by atoms with van der Waals surface area (Å²) in [5, 5.41) is 7.02. The number of rotatable bonds is 5. The summed E-state index contributed by atoms with van der Waals surface area (Å²) in [5.74, 6) is 0.792. The standard InChI is InChI=1S/C15H23N7O/c1-8(2)10-6-11(20-15(16)19-10)14(23)21-12(9(3)4)13-17-7-18-22(13)5/h6-9,12H,1-5H3,(H,21,23)(H2,16,19,20). The molecule has 0 aliphatic carbocycles. The van der Waals surface area contributed by atoms with Gasteiger partial charge in [-0.15, -0.1) is 0 Å². The molecule has 0 bridgehead atoms. The van der Waals surface area contributed by atoms with E-state index in [1.165, 1.54) is 6.33 Å². The van der Waals surface area contributed by atoms with E-state index < -0.39 is 0 Å². The zero-order valence-electron chi connectivity index (χ0n) is 14.1. The molecule has 1 unspecified atom stereocenters. The largest absolute Gasteiger partial charge is 0.368 e. The van der Waals surface area contributed by atoms with Gasteiger partial charge in [0, 0.05) is 12.7 Å². The predicted octanol–water partition coefficient (Wildman–Crippen LogP) is 1.44. The highest BCUT2D eigenvalue weighted by Gasteiger charge is 2.24. The zero-order valence-corrected chi connectivity index (χ0v) is 14.1. The van der Waals surface area contributed by atoms with Crippen molar-refractivity contribution in [2.45, 2.75) is 39.7 Å². The number of aromatic nitrogens is 5. The lowest BCUT2D eigenvalue weighted by atomic mass is 10.0. The number of amides is 1. The fraction of sp³-hybridized carbons (Fsp3) is 0.533. The minimum absolute atomic E-state index is 0.0982. The Bertz CT molecular complexity index is 693.